The van der Waals surface area contributed by atoms with Crippen molar-refractivity contribution in [3.05, 3.63) is 41.2 Å². The van der Waals surface area contributed by atoms with Crippen LogP contribution in [0.2, 0.25) is 0 Å². The number of anilines is 2. The first-order valence-corrected chi connectivity index (χ1v) is 9.00. The van der Waals surface area contributed by atoms with Crippen LogP contribution in [0.25, 0.3) is 0 Å². The zero-order valence-corrected chi connectivity index (χ0v) is 15.0. The summed E-state index contributed by atoms with van der Waals surface area (Å²) in [6, 6.07) is 8.24. The molecule has 0 atom stereocenters. The number of rotatable bonds is 3. The molecular formula is C19H25N5O. The summed E-state index contributed by atoms with van der Waals surface area (Å²) in [5, 5.41) is 7.35. The van der Waals surface area contributed by atoms with Crippen LogP contribution < -0.4 is 9.80 Å². The summed E-state index contributed by atoms with van der Waals surface area (Å²) in [6.07, 6.45) is 0.967. The second kappa shape index (κ2) is 6.52. The van der Waals surface area contributed by atoms with Crippen molar-refractivity contribution in [1.29, 1.82) is 0 Å². The molecule has 25 heavy (non-hydrogen) atoms. The van der Waals surface area contributed by atoms with Crippen molar-refractivity contribution < 1.29 is 4.79 Å². The highest BCUT2D eigenvalue weighted by Gasteiger charge is 2.27. The molecule has 2 aromatic rings. The van der Waals surface area contributed by atoms with Gasteiger partial charge in [0, 0.05) is 38.4 Å². The zero-order chi connectivity index (χ0) is 17.4. The molecule has 1 fully saturated rings. The number of aromatic amines is 1. The second-order valence-corrected chi connectivity index (χ2v) is 6.97. The maximum absolute atomic E-state index is 12.8. The highest BCUT2D eigenvalue weighted by atomic mass is 16.2. The van der Waals surface area contributed by atoms with Crippen LogP contribution in [0, 0.1) is 13.8 Å². The number of hydrogen-bond acceptors (Lipinski definition) is 4. The van der Waals surface area contributed by atoms with Gasteiger partial charge in [0.25, 0.3) is 0 Å². The van der Waals surface area contributed by atoms with Gasteiger partial charge in [-0.05, 0) is 31.9 Å². The van der Waals surface area contributed by atoms with E-state index in [2.05, 4.69) is 39.1 Å². The van der Waals surface area contributed by atoms with Gasteiger partial charge >= 0.3 is 0 Å². The number of nitrogens with one attached hydrogen (secondary N) is 1. The Morgan fingerprint density at radius 3 is 2.60 bits per heavy atom. The predicted octanol–water partition coefficient (Wildman–Crippen LogP) is 1.74. The number of benzene rings is 1. The van der Waals surface area contributed by atoms with E-state index in [0.29, 0.717) is 6.54 Å². The molecule has 0 aliphatic carbocycles. The summed E-state index contributed by atoms with van der Waals surface area (Å²) in [6.45, 7) is 9.11. The molecule has 1 aromatic heterocycles. The first-order valence-electron chi connectivity index (χ1n) is 9.00. The molecule has 1 saturated heterocycles. The van der Waals surface area contributed by atoms with Crippen LogP contribution >= 0.6 is 0 Å². The maximum atomic E-state index is 12.8. The molecule has 0 unspecified atom stereocenters. The number of carbonyl (C=O) groups excluding carboxylic acids is 1. The normalized spacial score (nSPS) is 17.8. The van der Waals surface area contributed by atoms with Crippen LogP contribution in [0.3, 0.4) is 0 Å². The summed E-state index contributed by atoms with van der Waals surface area (Å²) in [5.74, 6) is 0.217. The number of aromatic nitrogens is 2. The van der Waals surface area contributed by atoms with Crippen LogP contribution in [-0.4, -0.2) is 60.3 Å². The van der Waals surface area contributed by atoms with Crippen LogP contribution in [-0.2, 0) is 11.2 Å². The zero-order valence-electron chi connectivity index (χ0n) is 15.0. The largest absolute Gasteiger partial charge is 0.366 e. The third-order valence-electron chi connectivity index (χ3n) is 5.32. The Bertz CT molecular complexity index is 756. The molecular weight excluding hydrogens is 314 g/mol. The minimum atomic E-state index is 0.217. The van der Waals surface area contributed by atoms with Gasteiger partial charge in [0.05, 0.1) is 23.6 Å². The quantitative estimate of drug-likeness (QED) is 0.925. The lowest BCUT2D eigenvalue weighted by Crippen LogP contribution is -2.50. The molecule has 0 saturated carbocycles. The van der Waals surface area contributed by atoms with Crippen LogP contribution in [0.1, 0.15) is 17.0 Å². The van der Waals surface area contributed by atoms with Gasteiger partial charge in [-0.25, -0.2) is 0 Å². The molecule has 4 rings (SSSR count). The molecule has 3 heterocycles. The Morgan fingerprint density at radius 1 is 1.12 bits per heavy atom. The summed E-state index contributed by atoms with van der Waals surface area (Å²) < 4.78 is 0. The van der Waals surface area contributed by atoms with E-state index in [-0.39, 0.29) is 5.91 Å². The maximum Gasteiger partial charge on any atom is 0.241 e. The van der Waals surface area contributed by atoms with Gasteiger partial charge in [-0.15, -0.1) is 0 Å². The van der Waals surface area contributed by atoms with E-state index in [1.807, 2.05) is 24.0 Å². The third kappa shape index (κ3) is 3.02. The van der Waals surface area contributed by atoms with Crippen molar-refractivity contribution in [3.8, 4) is 0 Å². The number of amides is 1. The van der Waals surface area contributed by atoms with Gasteiger partial charge in [-0.3, -0.25) is 14.8 Å². The van der Waals surface area contributed by atoms with E-state index < -0.39 is 0 Å². The van der Waals surface area contributed by atoms with Gasteiger partial charge < -0.3 is 9.80 Å². The molecule has 0 spiro atoms. The van der Waals surface area contributed by atoms with Gasteiger partial charge in [0.2, 0.25) is 5.91 Å². The number of H-pyrrole nitrogens is 1. The van der Waals surface area contributed by atoms with Crippen molar-refractivity contribution in [2.75, 3.05) is 49.1 Å². The second-order valence-electron chi connectivity index (χ2n) is 6.97. The number of aryl methyl sites for hydroxylation is 2. The number of para-hydroxylation sites is 1. The molecule has 132 valence electrons. The Hall–Kier alpha value is -2.34. The van der Waals surface area contributed by atoms with Crippen molar-refractivity contribution in [2.24, 2.45) is 0 Å². The predicted molar refractivity (Wildman–Crippen MR) is 99.2 cm³/mol. The number of nitrogens with zero attached hydrogens (tertiary/aromatic N) is 4. The standard InChI is InChI=1S/C19H25N5O/c1-14-19(15(2)21-20-14)23-11-9-22(10-12-23)13-18(25)24-8-7-16-5-3-4-6-17(16)24/h3-6H,7-13H2,1-2H3,(H,20,21). The SMILES string of the molecule is Cc1n[nH]c(C)c1N1CCN(CC(=O)N2CCc3ccccc32)CC1. The van der Waals surface area contributed by atoms with Gasteiger partial charge in [0.15, 0.2) is 0 Å². The summed E-state index contributed by atoms with van der Waals surface area (Å²) in [7, 11) is 0. The van der Waals surface area contributed by atoms with E-state index in [4.69, 9.17) is 0 Å². The lowest BCUT2D eigenvalue weighted by molar-refractivity contribution is -0.119. The molecule has 0 radical (unpaired) electrons. The van der Waals surface area contributed by atoms with Crippen LogP contribution in [0.5, 0.6) is 0 Å². The molecule has 1 aromatic carbocycles. The Kier molecular flexibility index (Phi) is 4.21. The minimum Gasteiger partial charge on any atom is -0.366 e. The summed E-state index contributed by atoms with van der Waals surface area (Å²) >= 11 is 0. The number of hydrogen-bond donors (Lipinski definition) is 1. The van der Waals surface area contributed by atoms with E-state index in [0.717, 1.165) is 56.2 Å². The Labute approximate surface area is 148 Å². The lowest BCUT2D eigenvalue weighted by Gasteiger charge is -2.36. The van der Waals surface area contributed by atoms with E-state index in [9.17, 15) is 4.79 Å². The summed E-state index contributed by atoms with van der Waals surface area (Å²) in [5.41, 5.74) is 5.77. The van der Waals surface area contributed by atoms with Crippen molar-refractivity contribution in [1.82, 2.24) is 15.1 Å². The van der Waals surface area contributed by atoms with Crippen LogP contribution in [0.4, 0.5) is 11.4 Å². The van der Waals surface area contributed by atoms with Gasteiger partial charge in [-0.1, -0.05) is 18.2 Å². The topological polar surface area (TPSA) is 55.5 Å². The average Bonchev–Trinajstić information content (AvgIpc) is 3.19. The molecule has 0 bridgehead atoms. The molecule has 1 N–H and O–H groups in total. The highest BCUT2D eigenvalue weighted by molar-refractivity contribution is 5.96. The first-order chi connectivity index (χ1) is 12.1. The minimum absolute atomic E-state index is 0.217. The van der Waals surface area contributed by atoms with Crippen LogP contribution in [0.15, 0.2) is 24.3 Å². The summed E-state index contributed by atoms with van der Waals surface area (Å²) in [4.78, 5) is 19.3. The molecule has 6 nitrogen and oxygen atoms in total. The first kappa shape index (κ1) is 16.1. The average molecular weight is 339 g/mol. The molecule has 2 aliphatic rings. The molecule has 6 heteroatoms. The molecule has 2 aliphatic heterocycles. The van der Waals surface area contributed by atoms with E-state index in [1.54, 1.807) is 0 Å². The van der Waals surface area contributed by atoms with Gasteiger partial charge in [-0.2, -0.15) is 5.10 Å². The van der Waals surface area contributed by atoms with E-state index >= 15 is 0 Å². The fourth-order valence-electron chi connectivity index (χ4n) is 4.01. The number of piperazine rings is 1. The monoisotopic (exact) mass is 339 g/mol. The number of fused-ring (bicyclic) bond motifs is 1. The van der Waals surface area contributed by atoms with Crippen molar-refractivity contribution >= 4 is 17.3 Å². The number of carbonyl (C=O) groups is 1. The van der Waals surface area contributed by atoms with Gasteiger partial charge in [0.1, 0.15) is 0 Å². The fraction of sp³-hybridized carbons (Fsp3) is 0.474. The lowest BCUT2D eigenvalue weighted by atomic mass is 10.2. The fourth-order valence-corrected chi connectivity index (χ4v) is 4.01. The molecule has 1 amide bonds. The Morgan fingerprint density at radius 2 is 1.88 bits per heavy atom. The highest BCUT2D eigenvalue weighted by Crippen LogP contribution is 2.28. The smallest absolute Gasteiger partial charge is 0.241 e. The Balaban J connectivity index is 1.36. The van der Waals surface area contributed by atoms with Crippen molar-refractivity contribution in [3.63, 3.8) is 0 Å². The third-order valence-corrected chi connectivity index (χ3v) is 5.32. The van der Waals surface area contributed by atoms with Crippen molar-refractivity contribution in [2.45, 2.75) is 20.3 Å². The van der Waals surface area contributed by atoms with E-state index in [1.165, 1.54) is 11.3 Å².